The minimum absolute atomic E-state index is 0.0328. The fraction of sp³-hybridized carbons (Fsp3) is 0. The number of thiophene rings is 1. The summed E-state index contributed by atoms with van der Waals surface area (Å²) in [7, 11) is 0. The van der Waals surface area contributed by atoms with Gasteiger partial charge in [-0.1, -0.05) is 46.9 Å². The molecular formula is C18H10Cl3NO3S. The summed E-state index contributed by atoms with van der Waals surface area (Å²) in [5.74, 6) is -1.63. The van der Waals surface area contributed by atoms with Gasteiger partial charge >= 0.3 is 5.97 Å². The molecule has 0 radical (unpaired) electrons. The molecule has 0 aliphatic rings. The second-order valence-corrected chi connectivity index (χ2v) is 7.41. The summed E-state index contributed by atoms with van der Waals surface area (Å²) in [6, 6.07) is 11.2. The molecule has 0 unspecified atom stereocenters. The summed E-state index contributed by atoms with van der Waals surface area (Å²) in [6.45, 7) is 0. The molecule has 1 heterocycles. The van der Waals surface area contributed by atoms with Gasteiger partial charge in [0, 0.05) is 26.6 Å². The Morgan fingerprint density at radius 1 is 1.00 bits per heavy atom. The van der Waals surface area contributed by atoms with E-state index in [4.69, 9.17) is 34.8 Å². The van der Waals surface area contributed by atoms with Crippen LogP contribution in [0.5, 0.6) is 0 Å². The number of benzene rings is 2. The van der Waals surface area contributed by atoms with Gasteiger partial charge in [0.15, 0.2) is 0 Å². The van der Waals surface area contributed by atoms with Crippen molar-refractivity contribution in [2.45, 2.75) is 0 Å². The van der Waals surface area contributed by atoms with Crippen molar-refractivity contribution in [2.24, 2.45) is 0 Å². The molecule has 3 rings (SSSR count). The predicted octanol–water partition coefficient (Wildman–Crippen LogP) is 6.33. The van der Waals surface area contributed by atoms with E-state index >= 15 is 0 Å². The SMILES string of the molecule is O=C(Nc1csc(-c2ccc(Cl)cc2Cl)c1C(=O)O)c1cccc(Cl)c1. The molecule has 0 aliphatic heterocycles. The van der Waals surface area contributed by atoms with Crippen molar-refractivity contribution in [3.63, 3.8) is 0 Å². The average molecular weight is 427 g/mol. The number of halogens is 3. The number of carboxylic acids is 1. The van der Waals surface area contributed by atoms with Crippen molar-refractivity contribution in [3.8, 4) is 10.4 Å². The number of anilines is 1. The van der Waals surface area contributed by atoms with Gasteiger partial charge in [0.25, 0.3) is 5.91 Å². The third-order valence-electron chi connectivity index (χ3n) is 3.52. The molecular weight excluding hydrogens is 417 g/mol. The van der Waals surface area contributed by atoms with Crippen molar-refractivity contribution < 1.29 is 14.7 Å². The molecule has 1 amide bonds. The number of aromatic carboxylic acids is 1. The number of rotatable bonds is 4. The lowest BCUT2D eigenvalue weighted by atomic mass is 10.1. The topological polar surface area (TPSA) is 66.4 Å². The summed E-state index contributed by atoms with van der Waals surface area (Å²) in [6.07, 6.45) is 0. The predicted molar refractivity (Wildman–Crippen MR) is 106 cm³/mol. The Bertz CT molecular complexity index is 1020. The van der Waals surface area contributed by atoms with Crippen LogP contribution in [0.15, 0.2) is 47.8 Å². The Balaban J connectivity index is 2.00. The van der Waals surface area contributed by atoms with E-state index in [9.17, 15) is 14.7 Å². The first-order chi connectivity index (χ1) is 12.4. The number of amides is 1. The number of nitrogens with one attached hydrogen (secondary N) is 1. The first-order valence-corrected chi connectivity index (χ1v) is 9.25. The molecule has 0 aliphatic carbocycles. The van der Waals surface area contributed by atoms with Crippen molar-refractivity contribution in [1.82, 2.24) is 0 Å². The Hall–Kier alpha value is -2.05. The van der Waals surface area contributed by atoms with Gasteiger partial charge in [-0.05, 0) is 30.3 Å². The minimum Gasteiger partial charge on any atom is -0.478 e. The van der Waals surface area contributed by atoms with Crippen LogP contribution in [-0.2, 0) is 0 Å². The van der Waals surface area contributed by atoms with Gasteiger partial charge < -0.3 is 10.4 Å². The lowest BCUT2D eigenvalue weighted by Crippen LogP contribution is -2.14. The number of carbonyl (C=O) groups excluding carboxylic acids is 1. The van der Waals surface area contributed by atoms with Crippen LogP contribution >= 0.6 is 46.1 Å². The molecule has 0 saturated carbocycles. The number of hydrogen-bond acceptors (Lipinski definition) is 3. The van der Waals surface area contributed by atoms with Crippen molar-refractivity contribution in [2.75, 3.05) is 5.32 Å². The quantitative estimate of drug-likeness (QED) is 0.512. The van der Waals surface area contributed by atoms with E-state index in [2.05, 4.69) is 5.32 Å². The molecule has 2 aromatic carbocycles. The second-order valence-electron chi connectivity index (χ2n) is 5.25. The molecule has 0 saturated heterocycles. The van der Waals surface area contributed by atoms with E-state index < -0.39 is 11.9 Å². The largest absolute Gasteiger partial charge is 0.478 e. The zero-order valence-corrected chi connectivity index (χ0v) is 16.0. The highest BCUT2D eigenvalue weighted by Crippen LogP contribution is 2.40. The molecule has 0 atom stereocenters. The molecule has 1 aromatic heterocycles. The van der Waals surface area contributed by atoms with Gasteiger partial charge in [-0.3, -0.25) is 4.79 Å². The summed E-state index contributed by atoms with van der Waals surface area (Å²) in [4.78, 5) is 24.6. The smallest absolute Gasteiger partial charge is 0.339 e. The molecule has 0 fully saturated rings. The standard InChI is InChI=1S/C18H10Cl3NO3S/c19-10-3-1-2-9(6-10)17(23)22-14-8-26-16(15(14)18(24)25)12-5-4-11(20)7-13(12)21/h1-8H,(H,22,23)(H,24,25). The molecule has 4 nitrogen and oxygen atoms in total. The molecule has 2 N–H and O–H groups in total. The van der Waals surface area contributed by atoms with Crippen LogP contribution in [0, 0.1) is 0 Å². The Kier molecular flexibility index (Phi) is 5.53. The number of carboxylic acid groups (broad SMARTS) is 1. The minimum atomic E-state index is -1.17. The highest BCUT2D eigenvalue weighted by Gasteiger charge is 2.23. The fourth-order valence-electron chi connectivity index (χ4n) is 2.36. The Morgan fingerprint density at radius 2 is 1.73 bits per heavy atom. The maximum atomic E-state index is 12.4. The van der Waals surface area contributed by atoms with E-state index in [1.807, 2.05) is 0 Å². The monoisotopic (exact) mass is 425 g/mol. The molecule has 0 spiro atoms. The van der Waals surface area contributed by atoms with Gasteiger partial charge in [0.2, 0.25) is 0 Å². The fourth-order valence-corrected chi connectivity index (χ4v) is 4.14. The van der Waals surface area contributed by atoms with Crippen LogP contribution in [0.4, 0.5) is 5.69 Å². The number of carbonyl (C=O) groups is 2. The lowest BCUT2D eigenvalue weighted by molar-refractivity contribution is 0.0699. The lowest BCUT2D eigenvalue weighted by Gasteiger charge is -2.08. The van der Waals surface area contributed by atoms with Crippen LogP contribution in [0.1, 0.15) is 20.7 Å². The van der Waals surface area contributed by atoms with E-state index in [-0.39, 0.29) is 11.3 Å². The summed E-state index contributed by atoms with van der Waals surface area (Å²) >= 11 is 19.2. The maximum absolute atomic E-state index is 12.4. The van der Waals surface area contributed by atoms with Crippen LogP contribution in [0.25, 0.3) is 10.4 Å². The summed E-state index contributed by atoms with van der Waals surface area (Å²) in [5, 5.41) is 15.0. The van der Waals surface area contributed by atoms with Crippen LogP contribution in [-0.4, -0.2) is 17.0 Å². The molecule has 3 aromatic rings. The van der Waals surface area contributed by atoms with Gasteiger partial charge in [-0.2, -0.15) is 0 Å². The Morgan fingerprint density at radius 3 is 2.38 bits per heavy atom. The second kappa shape index (κ2) is 7.68. The van der Waals surface area contributed by atoms with Crippen LogP contribution in [0.2, 0.25) is 15.1 Å². The highest BCUT2D eigenvalue weighted by molar-refractivity contribution is 7.14. The number of hydrogen-bond donors (Lipinski definition) is 2. The summed E-state index contributed by atoms with van der Waals surface area (Å²) in [5.41, 5.74) is 1.01. The molecule has 26 heavy (non-hydrogen) atoms. The Labute approximate surface area is 167 Å². The third-order valence-corrected chi connectivity index (χ3v) is 5.31. The van der Waals surface area contributed by atoms with Gasteiger partial charge in [-0.25, -0.2) is 4.79 Å². The summed E-state index contributed by atoms with van der Waals surface area (Å²) < 4.78 is 0. The van der Waals surface area contributed by atoms with Crippen LogP contribution in [0.3, 0.4) is 0 Å². The van der Waals surface area contributed by atoms with Gasteiger partial charge in [0.05, 0.1) is 15.6 Å². The van der Waals surface area contributed by atoms with E-state index in [0.29, 0.717) is 31.1 Å². The molecule has 132 valence electrons. The van der Waals surface area contributed by atoms with Crippen molar-refractivity contribution in [3.05, 3.63) is 74.0 Å². The zero-order chi connectivity index (χ0) is 18.8. The van der Waals surface area contributed by atoms with Crippen LogP contribution < -0.4 is 5.32 Å². The third kappa shape index (κ3) is 3.86. The highest BCUT2D eigenvalue weighted by atomic mass is 35.5. The molecule has 8 heteroatoms. The van der Waals surface area contributed by atoms with Crippen molar-refractivity contribution in [1.29, 1.82) is 0 Å². The normalized spacial score (nSPS) is 10.6. The zero-order valence-electron chi connectivity index (χ0n) is 12.9. The average Bonchev–Trinajstić information content (AvgIpc) is 2.98. The van der Waals surface area contributed by atoms with Crippen molar-refractivity contribution >= 4 is 63.7 Å². The van der Waals surface area contributed by atoms with Gasteiger partial charge in [-0.15, -0.1) is 11.3 Å². The maximum Gasteiger partial charge on any atom is 0.339 e. The molecule has 0 bridgehead atoms. The van der Waals surface area contributed by atoms with Gasteiger partial charge in [0.1, 0.15) is 5.56 Å². The van der Waals surface area contributed by atoms with E-state index in [0.717, 1.165) is 0 Å². The van der Waals surface area contributed by atoms with E-state index in [1.54, 1.807) is 35.7 Å². The van der Waals surface area contributed by atoms with E-state index in [1.165, 1.54) is 23.5 Å². The first-order valence-electron chi connectivity index (χ1n) is 7.24. The first kappa shape index (κ1) is 18.7.